The number of halogens is 2. The molecule has 0 radical (unpaired) electrons. The van der Waals surface area contributed by atoms with Crippen LogP contribution >= 0.6 is 0 Å². The normalized spacial score (nSPS) is 24.0. The summed E-state index contributed by atoms with van der Waals surface area (Å²) in [5, 5.41) is 14.0. The summed E-state index contributed by atoms with van der Waals surface area (Å²) in [5.74, 6) is -3.20. The first-order valence-electron chi connectivity index (χ1n) is 12.0. The number of alkyl halides is 2. The van der Waals surface area contributed by atoms with Crippen LogP contribution in [-0.2, 0) is 4.79 Å². The summed E-state index contributed by atoms with van der Waals surface area (Å²) >= 11 is 0. The van der Waals surface area contributed by atoms with Gasteiger partial charge in [-0.25, -0.2) is 13.8 Å². The smallest absolute Gasteiger partial charge is 0.260 e. The number of carbonyl (C=O) groups excluding carboxylic acids is 1. The molecule has 1 amide bonds. The molecule has 0 aromatic carbocycles. The van der Waals surface area contributed by atoms with Gasteiger partial charge in [0.2, 0.25) is 11.9 Å². The highest BCUT2D eigenvalue weighted by molar-refractivity contribution is 5.83. The van der Waals surface area contributed by atoms with Crippen molar-refractivity contribution in [3.05, 3.63) is 24.2 Å². The highest BCUT2D eigenvalue weighted by Crippen LogP contribution is 2.49. The summed E-state index contributed by atoms with van der Waals surface area (Å²) in [6.45, 7) is 7.25. The van der Waals surface area contributed by atoms with Crippen LogP contribution in [0.5, 0.6) is 0 Å². The number of anilines is 3. The topological polar surface area (TPSA) is 100 Å². The Labute approximate surface area is 197 Å². The average Bonchev–Trinajstić information content (AvgIpc) is 3.23. The van der Waals surface area contributed by atoms with E-state index in [-0.39, 0.29) is 6.42 Å². The second-order valence-corrected chi connectivity index (χ2v) is 10.1. The van der Waals surface area contributed by atoms with E-state index >= 15 is 0 Å². The van der Waals surface area contributed by atoms with Gasteiger partial charge in [0.15, 0.2) is 0 Å². The molecule has 9 nitrogen and oxygen atoms in total. The Morgan fingerprint density at radius 2 is 1.91 bits per heavy atom. The first kappa shape index (κ1) is 22.9. The summed E-state index contributed by atoms with van der Waals surface area (Å²) in [7, 11) is 0. The maximum atomic E-state index is 13.2. The van der Waals surface area contributed by atoms with E-state index < -0.39 is 23.3 Å². The molecular formula is C23H32F2N8O. The van der Waals surface area contributed by atoms with Crippen LogP contribution in [0.4, 0.5) is 26.2 Å². The fraction of sp³-hybridized carbons (Fsp3) is 0.652. The molecule has 1 aliphatic carbocycles. The van der Waals surface area contributed by atoms with Crippen molar-refractivity contribution in [2.45, 2.75) is 63.5 Å². The van der Waals surface area contributed by atoms with E-state index in [2.05, 4.69) is 30.9 Å². The van der Waals surface area contributed by atoms with Crippen LogP contribution in [0.2, 0.25) is 0 Å². The van der Waals surface area contributed by atoms with Crippen LogP contribution in [0.1, 0.15) is 50.6 Å². The summed E-state index contributed by atoms with van der Waals surface area (Å²) in [4.78, 5) is 23.5. The molecule has 0 bridgehead atoms. The number of aryl methyl sites for hydroxylation is 1. The molecule has 0 spiro atoms. The predicted molar refractivity (Wildman–Crippen MR) is 124 cm³/mol. The molecule has 1 saturated carbocycles. The zero-order valence-corrected chi connectivity index (χ0v) is 19.7. The largest absolute Gasteiger partial charge is 0.356 e. The molecule has 2 saturated heterocycles. The first-order valence-corrected chi connectivity index (χ1v) is 12.0. The van der Waals surface area contributed by atoms with Crippen LogP contribution in [0.3, 0.4) is 0 Å². The van der Waals surface area contributed by atoms with Crippen molar-refractivity contribution in [1.29, 1.82) is 0 Å². The molecule has 2 aliphatic heterocycles. The van der Waals surface area contributed by atoms with Crippen LogP contribution in [0, 0.1) is 12.8 Å². The molecule has 4 heterocycles. The number of hydrogen-bond acceptors (Lipinski definition) is 7. The number of aromatic nitrogens is 4. The van der Waals surface area contributed by atoms with Crippen LogP contribution in [0.15, 0.2) is 18.6 Å². The molecule has 11 heteroatoms. The van der Waals surface area contributed by atoms with Crippen molar-refractivity contribution in [2.24, 2.45) is 5.92 Å². The quantitative estimate of drug-likeness (QED) is 0.592. The van der Waals surface area contributed by atoms with E-state index in [9.17, 15) is 13.6 Å². The van der Waals surface area contributed by atoms with Gasteiger partial charge in [-0.05, 0) is 52.6 Å². The Morgan fingerprint density at radius 3 is 2.59 bits per heavy atom. The summed E-state index contributed by atoms with van der Waals surface area (Å²) in [6.07, 6.45) is 8.69. The third-order valence-corrected chi connectivity index (χ3v) is 7.22. The molecule has 184 valence electrons. The Bertz CT molecular complexity index is 1040. The van der Waals surface area contributed by atoms with Gasteiger partial charge in [-0.1, -0.05) is 0 Å². The molecule has 3 aliphatic rings. The van der Waals surface area contributed by atoms with Gasteiger partial charge in [-0.2, -0.15) is 10.1 Å². The number of nitrogens with one attached hydrogen (secondary N) is 3. The second kappa shape index (κ2) is 8.75. The van der Waals surface area contributed by atoms with Gasteiger partial charge in [0.25, 0.3) is 5.92 Å². The first-order chi connectivity index (χ1) is 16.2. The molecule has 5 rings (SSSR count). The monoisotopic (exact) mass is 474 g/mol. The van der Waals surface area contributed by atoms with Crippen molar-refractivity contribution in [3.63, 3.8) is 0 Å². The summed E-state index contributed by atoms with van der Waals surface area (Å²) in [6, 6.07) is 0.403. The third-order valence-electron chi connectivity index (χ3n) is 7.22. The summed E-state index contributed by atoms with van der Waals surface area (Å²) in [5.41, 5.74) is 1.32. The number of rotatable bonds is 6. The number of amides is 1. The number of carbonyl (C=O) groups is 1. The minimum absolute atomic E-state index is 0.340. The average molecular weight is 475 g/mol. The van der Waals surface area contributed by atoms with Gasteiger partial charge in [-0.15, -0.1) is 0 Å². The van der Waals surface area contributed by atoms with Gasteiger partial charge in [0.05, 0.1) is 17.9 Å². The van der Waals surface area contributed by atoms with E-state index in [1.807, 2.05) is 24.7 Å². The minimum Gasteiger partial charge on any atom is -0.356 e. The Kier molecular flexibility index (Phi) is 5.91. The highest BCUT2D eigenvalue weighted by atomic mass is 19.3. The maximum Gasteiger partial charge on any atom is 0.260 e. The van der Waals surface area contributed by atoms with E-state index in [4.69, 9.17) is 4.98 Å². The van der Waals surface area contributed by atoms with Gasteiger partial charge in [0.1, 0.15) is 11.7 Å². The van der Waals surface area contributed by atoms with E-state index in [0.717, 1.165) is 43.0 Å². The fourth-order valence-corrected chi connectivity index (χ4v) is 4.84. The Balaban J connectivity index is 1.21. The van der Waals surface area contributed by atoms with Gasteiger partial charge >= 0.3 is 0 Å². The molecule has 3 fully saturated rings. The van der Waals surface area contributed by atoms with E-state index in [1.54, 1.807) is 12.4 Å². The van der Waals surface area contributed by atoms with E-state index in [1.165, 1.54) is 0 Å². The van der Waals surface area contributed by atoms with Crippen molar-refractivity contribution in [1.82, 2.24) is 30.4 Å². The molecule has 34 heavy (non-hydrogen) atoms. The molecule has 0 unspecified atom stereocenters. The second-order valence-electron chi connectivity index (χ2n) is 10.1. The molecule has 1 atom stereocenters. The number of hydrogen-bond donors (Lipinski definition) is 3. The maximum absolute atomic E-state index is 13.2. The predicted octanol–water partition coefficient (Wildman–Crippen LogP) is 2.78. The lowest BCUT2D eigenvalue weighted by Crippen LogP contribution is -2.54. The highest BCUT2D eigenvalue weighted by Gasteiger charge is 2.61. The lowest BCUT2D eigenvalue weighted by Gasteiger charge is -2.41. The zero-order chi connectivity index (χ0) is 23.9. The standard InChI is InChI=1S/C23H32F2N8O/c1-15-12-27-21(29-16-13-28-33(14-16)17-3-7-26-8-4-17)30-19(15)32-9-5-22(2,6-10-32)31-20(34)18-11-23(18,24)25/h12-14,17-18,26H,3-11H2,1-2H3,(H,31,34)(H,27,29,30)/t18-/m0/s1. The lowest BCUT2D eigenvalue weighted by molar-refractivity contribution is -0.126. The fourth-order valence-electron chi connectivity index (χ4n) is 4.84. The van der Waals surface area contributed by atoms with Gasteiger partial charge in [-0.3, -0.25) is 9.48 Å². The molecule has 2 aromatic rings. The van der Waals surface area contributed by atoms with Crippen LogP contribution in [-0.4, -0.2) is 63.3 Å². The van der Waals surface area contributed by atoms with Crippen molar-refractivity contribution < 1.29 is 13.6 Å². The Morgan fingerprint density at radius 1 is 1.21 bits per heavy atom. The van der Waals surface area contributed by atoms with Crippen LogP contribution < -0.4 is 20.9 Å². The van der Waals surface area contributed by atoms with Crippen LogP contribution in [0.25, 0.3) is 0 Å². The number of piperidine rings is 2. The summed E-state index contributed by atoms with van der Waals surface area (Å²) < 4.78 is 28.5. The minimum atomic E-state index is -2.84. The molecule has 2 aromatic heterocycles. The molecular weight excluding hydrogens is 442 g/mol. The lowest BCUT2D eigenvalue weighted by atomic mass is 9.89. The Hall–Kier alpha value is -2.82. The van der Waals surface area contributed by atoms with Gasteiger partial charge < -0.3 is 20.9 Å². The molecule has 3 N–H and O–H groups in total. The zero-order valence-electron chi connectivity index (χ0n) is 19.7. The van der Waals surface area contributed by atoms with Crippen molar-refractivity contribution in [3.8, 4) is 0 Å². The van der Waals surface area contributed by atoms with Crippen molar-refractivity contribution >= 4 is 23.4 Å². The SMILES string of the molecule is Cc1cnc(Nc2cnn(C3CCNCC3)c2)nc1N1CCC(C)(NC(=O)[C@@H]2CC2(F)F)CC1. The van der Waals surface area contributed by atoms with Gasteiger partial charge in [0, 0.05) is 43.0 Å². The number of nitrogens with zero attached hydrogens (tertiary/aromatic N) is 5. The van der Waals surface area contributed by atoms with Crippen molar-refractivity contribution in [2.75, 3.05) is 36.4 Å². The third kappa shape index (κ3) is 4.84. The van der Waals surface area contributed by atoms with E-state index in [0.29, 0.717) is 37.9 Å².